The Morgan fingerprint density at radius 2 is 2.05 bits per heavy atom. The molecule has 2 aliphatic rings. The lowest BCUT2D eigenvalue weighted by molar-refractivity contribution is 0.0970. The average molecular weight is 272 g/mol. The highest BCUT2D eigenvalue weighted by atomic mass is 16.1. The van der Waals surface area contributed by atoms with Crippen LogP contribution in [0.4, 0.5) is 5.69 Å². The van der Waals surface area contributed by atoms with Crippen LogP contribution in [0.15, 0.2) is 18.2 Å². The molecule has 1 aromatic rings. The lowest BCUT2D eigenvalue weighted by Crippen LogP contribution is -2.28. The molecule has 1 saturated heterocycles. The molecule has 0 spiro atoms. The fourth-order valence-electron chi connectivity index (χ4n) is 3.30. The molecule has 2 N–H and O–H groups in total. The van der Waals surface area contributed by atoms with E-state index in [0.29, 0.717) is 12.2 Å². The summed E-state index contributed by atoms with van der Waals surface area (Å²) >= 11 is 0. The summed E-state index contributed by atoms with van der Waals surface area (Å²) in [5, 5.41) is 6.77. The second-order valence-corrected chi connectivity index (χ2v) is 6.06. The largest absolute Gasteiger partial charge is 0.385 e. The summed E-state index contributed by atoms with van der Waals surface area (Å²) in [4.78, 5) is 12.3. The number of fused-ring (bicyclic) bond motifs is 1. The van der Waals surface area contributed by atoms with Gasteiger partial charge in [-0.15, -0.1) is 0 Å². The molecule has 2 aliphatic heterocycles. The lowest BCUT2D eigenvalue weighted by Gasteiger charge is -2.22. The smallest absolute Gasteiger partial charge is 0.162 e. The van der Waals surface area contributed by atoms with E-state index < -0.39 is 0 Å². The Hall–Kier alpha value is -1.35. The maximum absolute atomic E-state index is 12.3. The molecule has 0 amide bonds. The van der Waals surface area contributed by atoms with E-state index in [2.05, 4.69) is 22.8 Å². The molecule has 0 aliphatic carbocycles. The van der Waals surface area contributed by atoms with Gasteiger partial charge >= 0.3 is 0 Å². The molecule has 3 nitrogen and oxygen atoms in total. The van der Waals surface area contributed by atoms with Crippen molar-refractivity contribution in [3.63, 3.8) is 0 Å². The van der Waals surface area contributed by atoms with E-state index in [1.807, 2.05) is 6.07 Å². The van der Waals surface area contributed by atoms with Crippen LogP contribution in [0, 0.1) is 5.92 Å². The highest BCUT2D eigenvalue weighted by Crippen LogP contribution is 2.25. The Labute approximate surface area is 121 Å². The molecule has 0 bridgehead atoms. The third kappa shape index (κ3) is 3.21. The van der Waals surface area contributed by atoms with E-state index in [4.69, 9.17) is 0 Å². The van der Waals surface area contributed by atoms with Crippen molar-refractivity contribution in [3.05, 3.63) is 29.3 Å². The summed E-state index contributed by atoms with van der Waals surface area (Å²) in [6.45, 7) is 3.28. The average Bonchev–Trinajstić information content (AvgIpc) is 2.53. The monoisotopic (exact) mass is 272 g/mol. The first-order valence-corrected chi connectivity index (χ1v) is 7.93. The number of ketones is 1. The fourth-order valence-corrected chi connectivity index (χ4v) is 3.30. The Morgan fingerprint density at radius 1 is 1.20 bits per heavy atom. The standard InChI is InChI=1S/C17H24N2O/c20-17(6-3-13-7-10-18-11-8-13)15-4-5-16-14(12-15)2-1-9-19-16/h4-5,12-13,18-19H,1-3,6-11H2. The maximum atomic E-state index is 12.3. The summed E-state index contributed by atoms with van der Waals surface area (Å²) in [5.74, 6) is 1.05. The normalized spacial score (nSPS) is 19.2. The van der Waals surface area contributed by atoms with Gasteiger partial charge < -0.3 is 10.6 Å². The van der Waals surface area contributed by atoms with Crippen LogP contribution < -0.4 is 10.6 Å². The number of carbonyl (C=O) groups is 1. The minimum Gasteiger partial charge on any atom is -0.385 e. The summed E-state index contributed by atoms with van der Waals surface area (Å²) in [5.41, 5.74) is 3.43. The molecule has 1 fully saturated rings. The molecular weight excluding hydrogens is 248 g/mol. The maximum Gasteiger partial charge on any atom is 0.162 e. The van der Waals surface area contributed by atoms with Crippen LogP contribution >= 0.6 is 0 Å². The first-order chi connectivity index (χ1) is 9.83. The summed E-state index contributed by atoms with van der Waals surface area (Å²) in [7, 11) is 0. The van der Waals surface area contributed by atoms with Gasteiger partial charge in [0.05, 0.1) is 0 Å². The minimum absolute atomic E-state index is 0.317. The number of carbonyl (C=O) groups excluding carboxylic acids is 1. The molecule has 0 aromatic heterocycles. The molecule has 3 rings (SSSR count). The molecule has 3 heteroatoms. The first-order valence-electron chi connectivity index (χ1n) is 7.93. The molecule has 1 aromatic carbocycles. The highest BCUT2D eigenvalue weighted by molar-refractivity contribution is 5.96. The summed E-state index contributed by atoms with van der Waals surface area (Å²) in [6.07, 6.45) is 6.47. The number of hydrogen-bond donors (Lipinski definition) is 2. The molecule has 0 radical (unpaired) electrons. The van der Waals surface area contributed by atoms with Gasteiger partial charge in [-0.2, -0.15) is 0 Å². The number of anilines is 1. The zero-order chi connectivity index (χ0) is 13.8. The molecular formula is C17H24N2O. The molecule has 108 valence electrons. The van der Waals surface area contributed by atoms with Crippen molar-refractivity contribution in [2.24, 2.45) is 5.92 Å². The van der Waals surface area contributed by atoms with Gasteiger partial charge in [0.1, 0.15) is 0 Å². The number of hydrogen-bond acceptors (Lipinski definition) is 3. The third-order valence-electron chi connectivity index (χ3n) is 4.60. The van der Waals surface area contributed by atoms with Gasteiger partial charge in [-0.25, -0.2) is 0 Å². The van der Waals surface area contributed by atoms with E-state index in [9.17, 15) is 4.79 Å². The van der Waals surface area contributed by atoms with E-state index in [-0.39, 0.29) is 0 Å². The van der Waals surface area contributed by atoms with Gasteiger partial charge in [0.2, 0.25) is 0 Å². The molecule has 20 heavy (non-hydrogen) atoms. The molecule has 0 atom stereocenters. The number of Topliss-reactive ketones (excluding diaryl/α,β-unsaturated/α-hetero) is 1. The Kier molecular flexibility index (Phi) is 4.36. The highest BCUT2D eigenvalue weighted by Gasteiger charge is 2.16. The lowest BCUT2D eigenvalue weighted by atomic mass is 9.90. The fraction of sp³-hybridized carbons (Fsp3) is 0.588. The van der Waals surface area contributed by atoms with Crippen LogP contribution in [0.25, 0.3) is 0 Å². The second-order valence-electron chi connectivity index (χ2n) is 6.06. The molecule has 0 saturated carbocycles. The molecule has 2 heterocycles. The van der Waals surface area contributed by atoms with Gasteiger partial charge in [0.15, 0.2) is 5.78 Å². The van der Waals surface area contributed by atoms with E-state index in [0.717, 1.165) is 44.0 Å². The van der Waals surface area contributed by atoms with Crippen LogP contribution in [0.5, 0.6) is 0 Å². The Balaban J connectivity index is 1.59. The van der Waals surface area contributed by atoms with Gasteiger partial charge in [-0.1, -0.05) is 0 Å². The third-order valence-corrected chi connectivity index (χ3v) is 4.60. The zero-order valence-electron chi connectivity index (χ0n) is 12.1. The van der Waals surface area contributed by atoms with E-state index in [1.54, 1.807) is 0 Å². The van der Waals surface area contributed by atoms with Crippen molar-refractivity contribution in [1.82, 2.24) is 5.32 Å². The minimum atomic E-state index is 0.317. The van der Waals surface area contributed by atoms with Crippen molar-refractivity contribution < 1.29 is 4.79 Å². The van der Waals surface area contributed by atoms with Gasteiger partial charge in [-0.3, -0.25) is 4.79 Å². The van der Waals surface area contributed by atoms with Crippen molar-refractivity contribution in [2.75, 3.05) is 25.0 Å². The van der Waals surface area contributed by atoms with Crippen molar-refractivity contribution in [2.45, 2.75) is 38.5 Å². The Morgan fingerprint density at radius 3 is 2.90 bits per heavy atom. The van der Waals surface area contributed by atoms with Crippen molar-refractivity contribution in [1.29, 1.82) is 0 Å². The topological polar surface area (TPSA) is 41.1 Å². The Bertz CT molecular complexity index is 478. The number of benzene rings is 1. The van der Waals surface area contributed by atoms with Crippen molar-refractivity contribution in [3.8, 4) is 0 Å². The SMILES string of the molecule is O=C(CCC1CCNCC1)c1ccc2c(c1)CCCN2. The number of rotatable bonds is 4. The number of piperidine rings is 1. The number of nitrogens with one attached hydrogen (secondary N) is 2. The second kappa shape index (κ2) is 6.40. The van der Waals surface area contributed by atoms with Gasteiger partial charge in [0.25, 0.3) is 0 Å². The quantitative estimate of drug-likeness (QED) is 0.828. The van der Waals surface area contributed by atoms with E-state index >= 15 is 0 Å². The summed E-state index contributed by atoms with van der Waals surface area (Å²) < 4.78 is 0. The molecule has 0 unspecified atom stereocenters. The van der Waals surface area contributed by atoms with Crippen molar-refractivity contribution >= 4 is 11.5 Å². The van der Waals surface area contributed by atoms with E-state index in [1.165, 1.54) is 30.5 Å². The van der Waals surface area contributed by atoms with Gasteiger partial charge in [0, 0.05) is 24.2 Å². The van der Waals surface area contributed by atoms with Crippen LogP contribution in [-0.4, -0.2) is 25.4 Å². The number of aryl methyl sites for hydroxylation is 1. The van der Waals surface area contributed by atoms with Crippen LogP contribution in [0.2, 0.25) is 0 Å². The van der Waals surface area contributed by atoms with Crippen LogP contribution in [0.3, 0.4) is 0 Å². The predicted octanol–water partition coefficient (Wildman–Crippen LogP) is 3.01. The summed E-state index contributed by atoms with van der Waals surface area (Å²) in [6, 6.07) is 6.17. The van der Waals surface area contributed by atoms with Crippen LogP contribution in [0.1, 0.15) is 48.0 Å². The first kappa shape index (κ1) is 13.6. The zero-order valence-corrected chi connectivity index (χ0v) is 12.1. The van der Waals surface area contributed by atoms with Crippen LogP contribution in [-0.2, 0) is 6.42 Å². The van der Waals surface area contributed by atoms with Gasteiger partial charge in [-0.05, 0) is 74.9 Å². The predicted molar refractivity (Wildman–Crippen MR) is 82.4 cm³/mol.